The number of nitrogens with zero attached hydrogens (tertiary/aromatic N) is 4. The van der Waals surface area contributed by atoms with E-state index >= 15 is 0 Å². The summed E-state index contributed by atoms with van der Waals surface area (Å²) in [5, 5.41) is 9.81. The number of hydrogen-bond donors (Lipinski definition) is 0. The monoisotopic (exact) mass is 304 g/mol. The Morgan fingerprint density at radius 1 is 1.04 bits per heavy atom. The normalized spacial score (nSPS) is 32.0. The minimum Gasteiger partial charge on any atom is -0.245 e. The van der Waals surface area contributed by atoms with E-state index in [1.165, 1.54) is 9.36 Å². The highest BCUT2D eigenvalue weighted by atomic mass is 16.2. The fourth-order valence-electron chi connectivity index (χ4n) is 4.07. The smallest absolute Gasteiger partial charge is 0.245 e. The molecule has 0 spiro atoms. The van der Waals surface area contributed by atoms with Crippen LogP contribution in [0.15, 0.2) is 64.2 Å². The predicted molar refractivity (Wildman–Crippen MR) is 82.2 cm³/mol. The molecule has 4 aliphatic rings. The van der Waals surface area contributed by atoms with Gasteiger partial charge < -0.3 is 0 Å². The molecule has 4 atom stereocenters. The lowest BCUT2D eigenvalue weighted by Crippen LogP contribution is -2.60. The number of benzene rings is 1. The van der Waals surface area contributed by atoms with Crippen molar-refractivity contribution in [1.82, 2.24) is 13.9 Å². The molecular weight excluding hydrogens is 292 g/mol. The number of aromatic nitrogens is 3. The highest BCUT2D eigenvalue weighted by Crippen LogP contribution is 2.52. The van der Waals surface area contributed by atoms with E-state index < -0.39 is 16.9 Å². The topological polar surface area (TPSA) is 72.7 Å². The molecule has 0 saturated heterocycles. The first-order valence-corrected chi connectivity index (χ1v) is 7.50. The Morgan fingerprint density at radius 2 is 1.83 bits per heavy atom. The predicted octanol–water partition coefficient (Wildman–Crippen LogP) is 0.946. The number of hydrogen-bond acceptors (Lipinski definition) is 3. The van der Waals surface area contributed by atoms with Crippen LogP contribution in [0.4, 0.5) is 0 Å². The maximum absolute atomic E-state index is 13.0. The van der Waals surface area contributed by atoms with Crippen LogP contribution in [-0.4, -0.2) is 13.9 Å². The summed E-state index contributed by atoms with van der Waals surface area (Å²) in [6.45, 7) is 0. The van der Waals surface area contributed by atoms with E-state index in [1.54, 1.807) is 30.3 Å². The van der Waals surface area contributed by atoms with Crippen LogP contribution >= 0.6 is 0 Å². The summed E-state index contributed by atoms with van der Waals surface area (Å²) >= 11 is 0. The van der Waals surface area contributed by atoms with Crippen LogP contribution in [0.1, 0.15) is 6.04 Å². The molecule has 2 bridgehead atoms. The molecule has 6 heteroatoms. The Morgan fingerprint density at radius 3 is 2.48 bits per heavy atom. The van der Waals surface area contributed by atoms with Gasteiger partial charge in [-0.25, -0.2) is 23.5 Å². The molecule has 112 valence electrons. The molecule has 6 nitrogen and oxygen atoms in total. The summed E-state index contributed by atoms with van der Waals surface area (Å²) in [5.41, 5.74) is -1.45. The van der Waals surface area contributed by atoms with Crippen molar-refractivity contribution in [1.29, 1.82) is 5.26 Å². The standard InChI is InChI=1S/C17H12N4O2/c18-10-17-9-8-14(12-6-7-13(12)17)20-15(22)19(16(23)21(17)20)11-4-2-1-3-5-11/h1-9,12-14H/t12-,13-,14+,17-/m0/s1. The molecule has 2 aliphatic heterocycles. The molecule has 1 aromatic carbocycles. The number of nitriles is 1. The van der Waals surface area contributed by atoms with Crippen molar-refractivity contribution in [2.75, 3.05) is 0 Å². The van der Waals surface area contributed by atoms with Crippen LogP contribution in [0.2, 0.25) is 0 Å². The van der Waals surface area contributed by atoms with Gasteiger partial charge in [0.15, 0.2) is 5.54 Å². The van der Waals surface area contributed by atoms with Crippen LogP contribution in [0.3, 0.4) is 0 Å². The molecule has 1 aromatic heterocycles. The first-order valence-electron chi connectivity index (χ1n) is 7.50. The van der Waals surface area contributed by atoms with Gasteiger partial charge in [-0.15, -0.1) is 0 Å². The summed E-state index contributed by atoms with van der Waals surface area (Å²) < 4.78 is 3.94. The van der Waals surface area contributed by atoms with Crippen molar-refractivity contribution in [2.24, 2.45) is 11.8 Å². The van der Waals surface area contributed by atoms with E-state index in [0.717, 1.165) is 4.57 Å². The van der Waals surface area contributed by atoms with E-state index in [0.29, 0.717) is 5.69 Å². The summed E-state index contributed by atoms with van der Waals surface area (Å²) in [6.07, 6.45) is 7.64. The first-order chi connectivity index (χ1) is 11.2. The highest BCUT2D eigenvalue weighted by molar-refractivity contribution is 5.39. The lowest BCUT2D eigenvalue weighted by molar-refractivity contribution is 0.0921. The number of para-hydroxylation sites is 1. The molecule has 2 aromatic rings. The van der Waals surface area contributed by atoms with E-state index in [2.05, 4.69) is 6.07 Å². The highest BCUT2D eigenvalue weighted by Gasteiger charge is 2.57. The second-order valence-electron chi connectivity index (χ2n) is 6.17. The number of rotatable bonds is 1. The third-order valence-electron chi connectivity index (χ3n) is 5.21. The average Bonchev–Trinajstić information content (AvgIpc) is 2.81. The van der Waals surface area contributed by atoms with Gasteiger partial charge in [0, 0.05) is 11.8 Å². The third kappa shape index (κ3) is 1.21. The van der Waals surface area contributed by atoms with Crippen molar-refractivity contribution in [3.63, 3.8) is 0 Å². The zero-order valence-electron chi connectivity index (χ0n) is 12.0. The molecule has 3 heterocycles. The Bertz CT molecular complexity index is 1050. The average molecular weight is 304 g/mol. The van der Waals surface area contributed by atoms with E-state index in [-0.39, 0.29) is 17.9 Å². The Kier molecular flexibility index (Phi) is 2.07. The van der Waals surface area contributed by atoms with Crippen molar-refractivity contribution in [3.05, 3.63) is 75.6 Å². The fourth-order valence-corrected chi connectivity index (χ4v) is 4.07. The Hall–Kier alpha value is -3.07. The first kappa shape index (κ1) is 12.5. The van der Waals surface area contributed by atoms with E-state index in [1.807, 2.05) is 24.3 Å². The van der Waals surface area contributed by atoms with Crippen LogP contribution in [0, 0.1) is 23.2 Å². The lowest BCUT2D eigenvalue weighted by Gasteiger charge is -2.51. The van der Waals surface area contributed by atoms with Gasteiger partial charge in [0.2, 0.25) is 0 Å². The van der Waals surface area contributed by atoms with Gasteiger partial charge in [-0.3, -0.25) is 0 Å². The maximum atomic E-state index is 13.0. The fraction of sp³-hybridized carbons (Fsp3) is 0.235. The SMILES string of the molecule is N#C[C@@]12C=C[C@H]([C@H]3C=C[C@@H]31)n1c(=O)n(-c3ccccc3)c(=O)n12. The van der Waals surface area contributed by atoms with Gasteiger partial charge in [-0.05, 0) is 18.2 Å². The van der Waals surface area contributed by atoms with E-state index in [4.69, 9.17) is 0 Å². The van der Waals surface area contributed by atoms with Crippen LogP contribution in [0.25, 0.3) is 5.69 Å². The maximum Gasteiger partial charge on any atom is 0.353 e. The third-order valence-corrected chi connectivity index (χ3v) is 5.21. The zero-order chi connectivity index (χ0) is 15.8. The lowest BCUT2D eigenvalue weighted by atomic mass is 9.62. The summed E-state index contributed by atoms with van der Waals surface area (Å²) in [7, 11) is 0. The second-order valence-corrected chi connectivity index (χ2v) is 6.17. The van der Waals surface area contributed by atoms with Crippen molar-refractivity contribution >= 4 is 0 Å². The summed E-state index contributed by atoms with van der Waals surface area (Å²) in [6, 6.07) is 10.9. The van der Waals surface area contributed by atoms with Gasteiger partial charge in [0.1, 0.15) is 0 Å². The summed E-state index contributed by atoms with van der Waals surface area (Å²) in [5.74, 6) is 0.0506. The van der Waals surface area contributed by atoms with Gasteiger partial charge in [0.25, 0.3) is 0 Å². The minimum absolute atomic E-state index is 0.0498. The molecule has 0 amide bonds. The Balaban J connectivity index is 1.89. The molecular formula is C17H12N4O2. The molecule has 23 heavy (non-hydrogen) atoms. The summed E-state index contributed by atoms with van der Waals surface area (Å²) in [4.78, 5) is 25.9. The van der Waals surface area contributed by atoms with Gasteiger partial charge in [-0.1, -0.05) is 36.4 Å². The van der Waals surface area contributed by atoms with Crippen molar-refractivity contribution in [3.8, 4) is 11.8 Å². The molecule has 0 radical (unpaired) electrons. The van der Waals surface area contributed by atoms with Crippen molar-refractivity contribution in [2.45, 2.75) is 11.6 Å². The number of allylic oxidation sites excluding steroid dienone is 4. The van der Waals surface area contributed by atoms with E-state index in [9.17, 15) is 14.9 Å². The molecule has 0 saturated carbocycles. The molecule has 6 rings (SSSR count). The quantitative estimate of drug-likeness (QED) is 0.736. The van der Waals surface area contributed by atoms with Crippen LogP contribution in [0.5, 0.6) is 0 Å². The second kappa shape index (κ2) is 3.82. The van der Waals surface area contributed by atoms with Crippen LogP contribution < -0.4 is 11.4 Å². The van der Waals surface area contributed by atoms with Gasteiger partial charge in [0.05, 0.1) is 17.8 Å². The minimum atomic E-state index is -1.11. The van der Waals surface area contributed by atoms with Crippen LogP contribution in [-0.2, 0) is 5.54 Å². The molecule has 0 N–H and O–H groups in total. The van der Waals surface area contributed by atoms with Gasteiger partial charge >= 0.3 is 11.4 Å². The Labute approximate surface area is 130 Å². The largest absolute Gasteiger partial charge is 0.353 e. The molecule has 2 aliphatic carbocycles. The molecule has 0 fully saturated rings. The zero-order valence-corrected chi connectivity index (χ0v) is 12.0. The van der Waals surface area contributed by atoms with Gasteiger partial charge in [-0.2, -0.15) is 5.26 Å². The van der Waals surface area contributed by atoms with Crippen molar-refractivity contribution < 1.29 is 0 Å². The molecule has 0 unspecified atom stereocenters.